The number of rotatable bonds is 2. The van der Waals surface area contributed by atoms with Gasteiger partial charge in [-0.3, -0.25) is 0 Å². The van der Waals surface area contributed by atoms with Crippen LogP contribution in [0.2, 0.25) is 0 Å². The van der Waals surface area contributed by atoms with E-state index >= 15 is 0 Å². The minimum atomic E-state index is -0.353. The van der Waals surface area contributed by atoms with Crippen molar-refractivity contribution in [1.82, 2.24) is 15.0 Å². The Labute approximate surface area is 141 Å². The van der Waals surface area contributed by atoms with E-state index < -0.39 is 0 Å². The van der Waals surface area contributed by atoms with Gasteiger partial charge in [0.1, 0.15) is 11.0 Å². The van der Waals surface area contributed by atoms with Crippen LogP contribution in [0.15, 0.2) is 48.5 Å². The van der Waals surface area contributed by atoms with Gasteiger partial charge in [0, 0.05) is 0 Å². The summed E-state index contributed by atoms with van der Waals surface area (Å²) < 4.78 is 12.2. The average molecular weight is 321 g/mol. The molecule has 122 valence electrons. The predicted molar refractivity (Wildman–Crippen MR) is 94.6 cm³/mol. The van der Waals surface area contributed by atoms with Crippen LogP contribution in [-0.2, 0) is 9.31 Å². The summed E-state index contributed by atoms with van der Waals surface area (Å²) in [5, 5.41) is 9.00. The molecule has 1 fully saturated rings. The van der Waals surface area contributed by atoms with Gasteiger partial charge in [0.15, 0.2) is 0 Å². The number of benzene rings is 2. The lowest BCUT2D eigenvalue weighted by Crippen LogP contribution is -2.41. The molecular weight excluding hydrogens is 301 g/mol. The molecule has 0 saturated carbocycles. The molecule has 5 nitrogen and oxygen atoms in total. The van der Waals surface area contributed by atoms with Crippen molar-refractivity contribution in [3.05, 3.63) is 48.5 Å². The fraction of sp³-hybridized carbons (Fsp3) is 0.333. The molecule has 0 bridgehead atoms. The molecule has 2 heterocycles. The van der Waals surface area contributed by atoms with Crippen LogP contribution in [0.3, 0.4) is 0 Å². The molecule has 1 saturated heterocycles. The van der Waals surface area contributed by atoms with Gasteiger partial charge in [0.25, 0.3) is 0 Å². The average Bonchev–Trinajstić information content (AvgIpc) is 3.06. The first-order chi connectivity index (χ1) is 11.4. The zero-order valence-electron chi connectivity index (χ0n) is 14.4. The van der Waals surface area contributed by atoms with E-state index in [1.165, 1.54) is 0 Å². The van der Waals surface area contributed by atoms with Crippen LogP contribution in [-0.4, -0.2) is 33.3 Å². The standard InChI is InChI=1S/C18H20BN3O2/c1-17(2)18(3,4)24-19(23-17)13-9-11-14(12-10-13)22-20-15-7-5-6-8-16(15)21-22/h5-12H,1-4H3. The summed E-state index contributed by atoms with van der Waals surface area (Å²) in [5.74, 6) is 0. The summed E-state index contributed by atoms with van der Waals surface area (Å²) in [7, 11) is -0.353. The molecule has 0 atom stereocenters. The van der Waals surface area contributed by atoms with Crippen molar-refractivity contribution in [1.29, 1.82) is 0 Å². The van der Waals surface area contributed by atoms with Crippen LogP contribution in [0.25, 0.3) is 16.7 Å². The van der Waals surface area contributed by atoms with Gasteiger partial charge in [-0.25, -0.2) is 0 Å². The molecule has 0 unspecified atom stereocenters. The van der Waals surface area contributed by atoms with Gasteiger partial charge in [-0.15, -0.1) is 10.2 Å². The molecule has 1 aliphatic heterocycles. The van der Waals surface area contributed by atoms with Crippen molar-refractivity contribution in [2.75, 3.05) is 0 Å². The summed E-state index contributed by atoms with van der Waals surface area (Å²) in [6, 6.07) is 15.8. The smallest absolute Gasteiger partial charge is 0.399 e. The fourth-order valence-electron chi connectivity index (χ4n) is 2.72. The number of hydrogen-bond acceptors (Lipinski definition) is 4. The SMILES string of the molecule is CC1(C)OB(c2ccc(-n3nc4ccccc4n3)cc2)OC1(C)C. The van der Waals surface area contributed by atoms with Crippen LogP contribution in [0, 0.1) is 0 Å². The van der Waals surface area contributed by atoms with Crippen molar-refractivity contribution in [2.45, 2.75) is 38.9 Å². The van der Waals surface area contributed by atoms with Crippen LogP contribution < -0.4 is 5.46 Å². The summed E-state index contributed by atoms with van der Waals surface area (Å²) in [6.07, 6.45) is 0. The molecule has 24 heavy (non-hydrogen) atoms. The Morgan fingerprint density at radius 3 is 1.79 bits per heavy atom. The van der Waals surface area contributed by atoms with Crippen LogP contribution in [0.5, 0.6) is 0 Å². The van der Waals surface area contributed by atoms with E-state index in [1.54, 1.807) is 4.80 Å². The first kappa shape index (κ1) is 15.4. The second-order valence-electron chi connectivity index (χ2n) is 7.16. The highest BCUT2D eigenvalue weighted by atomic mass is 16.7. The second kappa shape index (κ2) is 5.16. The van der Waals surface area contributed by atoms with E-state index in [2.05, 4.69) is 37.9 Å². The Balaban J connectivity index is 1.61. The maximum absolute atomic E-state index is 6.08. The van der Waals surface area contributed by atoms with E-state index in [-0.39, 0.29) is 18.3 Å². The van der Waals surface area contributed by atoms with Gasteiger partial charge in [-0.2, -0.15) is 4.80 Å². The van der Waals surface area contributed by atoms with Gasteiger partial charge in [0.2, 0.25) is 0 Å². The first-order valence-corrected chi connectivity index (χ1v) is 8.14. The lowest BCUT2D eigenvalue weighted by Gasteiger charge is -2.32. The molecule has 1 aliphatic rings. The quantitative estimate of drug-likeness (QED) is 0.681. The highest BCUT2D eigenvalue weighted by molar-refractivity contribution is 6.62. The Morgan fingerprint density at radius 1 is 0.792 bits per heavy atom. The minimum absolute atomic E-state index is 0.336. The van der Waals surface area contributed by atoms with Crippen LogP contribution >= 0.6 is 0 Å². The van der Waals surface area contributed by atoms with Crippen LogP contribution in [0.4, 0.5) is 0 Å². The number of nitrogens with zero attached hydrogens (tertiary/aromatic N) is 3. The van der Waals surface area contributed by atoms with E-state index in [0.717, 1.165) is 22.2 Å². The molecule has 0 radical (unpaired) electrons. The molecule has 1 aromatic heterocycles. The van der Waals surface area contributed by atoms with Crippen LogP contribution in [0.1, 0.15) is 27.7 Å². The fourth-order valence-corrected chi connectivity index (χ4v) is 2.72. The molecule has 2 aromatic carbocycles. The Kier molecular flexibility index (Phi) is 3.30. The van der Waals surface area contributed by atoms with Gasteiger partial charge in [-0.1, -0.05) is 24.3 Å². The van der Waals surface area contributed by atoms with Crippen molar-refractivity contribution in [3.8, 4) is 5.69 Å². The molecule has 3 aromatic rings. The topological polar surface area (TPSA) is 49.2 Å². The summed E-state index contributed by atoms with van der Waals surface area (Å²) in [6.45, 7) is 8.22. The maximum atomic E-state index is 6.08. The first-order valence-electron chi connectivity index (χ1n) is 8.14. The lowest BCUT2D eigenvalue weighted by atomic mass is 9.79. The molecule has 4 rings (SSSR count). The molecule has 0 N–H and O–H groups in total. The monoisotopic (exact) mass is 321 g/mol. The lowest BCUT2D eigenvalue weighted by molar-refractivity contribution is 0.00578. The highest BCUT2D eigenvalue weighted by Gasteiger charge is 2.51. The van der Waals surface area contributed by atoms with Gasteiger partial charge in [-0.05, 0) is 57.4 Å². The van der Waals surface area contributed by atoms with Gasteiger partial charge < -0.3 is 9.31 Å². The molecular formula is C18H20BN3O2. The van der Waals surface area contributed by atoms with Gasteiger partial charge in [0.05, 0.1) is 16.9 Å². The number of fused-ring (bicyclic) bond motifs is 1. The Bertz CT molecular complexity index is 838. The molecule has 0 spiro atoms. The zero-order chi connectivity index (χ0) is 16.9. The van der Waals surface area contributed by atoms with E-state index in [4.69, 9.17) is 9.31 Å². The number of hydrogen-bond donors (Lipinski definition) is 0. The highest BCUT2D eigenvalue weighted by Crippen LogP contribution is 2.36. The summed E-state index contributed by atoms with van der Waals surface area (Å²) in [4.78, 5) is 1.65. The third-order valence-electron chi connectivity index (χ3n) is 4.94. The van der Waals surface area contributed by atoms with Crippen molar-refractivity contribution < 1.29 is 9.31 Å². The van der Waals surface area contributed by atoms with E-state index in [0.29, 0.717) is 0 Å². The zero-order valence-corrected chi connectivity index (χ0v) is 14.4. The van der Waals surface area contributed by atoms with E-state index in [9.17, 15) is 0 Å². The van der Waals surface area contributed by atoms with Crippen molar-refractivity contribution >= 4 is 23.6 Å². The summed E-state index contributed by atoms with van der Waals surface area (Å²) >= 11 is 0. The third-order valence-corrected chi connectivity index (χ3v) is 4.94. The van der Waals surface area contributed by atoms with Crippen molar-refractivity contribution in [2.24, 2.45) is 0 Å². The van der Waals surface area contributed by atoms with Gasteiger partial charge >= 0.3 is 7.12 Å². The summed E-state index contributed by atoms with van der Waals surface area (Å²) in [5.41, 5.74) is 3.00. The number of aromatic nitrogens is 3. The normalized spacial score (nSPS) is 19.1. The second-order valence-corrected chi connectivity index (χ2v) is 7.16. The minimum Gasteiger partial charge on any atom is -0.399 e. The molecule has 6 heteroatoms. The maximum Gasteiger partial charge on any atom is 0.494 e. The predicted octanol–water partition coefficient (Wildman–Crippen LogP) is 2.72. The molecule has 0 aliphatic carbocycles. The Morgan fingerprint density at radius 2 is 1.29 bits per heavy atom. The Hall–Kier alpha value is -2.18. The largest absolute Gasteiger partial charge is 0.494 e. The van der Waals surface area contributed by atoms with E-state index in [1.807, 2.05) is 48.5 Å². The molecule has 0 amide bonds. The van der Waals surface area contributed by atoms with Crippen molar-refractivity contribution in [3.63, 3.8) is 0 Å². The third kappa shape index (κ3) is 2.42.